The van der Waals surface area contributed by atoms with Gasteiger partial charge in [-0.2, -0.15) is 0 Å². The molecule has 0 saturated carbocycles. The molecule has 1 amide bonds. The highest BCUT2D eigenvalue weighted by molar-refractivity contribution is 6.30. The number of benzene rings is 2. The smallest absolute Gasteiger partial charge is 0.253 e. The predicted octanol–water partition coefficient (Wildman–Crippen LogP) is 3.03. The summed E-state index contributed by atoms with van der Waals surface area (Å²) in [5.74, 6) is -0.176. The van der Waals surface area contributed by atoms with Crippen molar-refractivity contribution in [3.05, 3.63) is 53.1 Å². The largest absolute Gasteiger partial charge is 0.399 e. The molecule has 0 radical (unpaired) electrons. The highest BCUT2D eigenvalue weighted by Crippen LogP contribution is 2.25. The van der Waals surface area contributed by atoms with Crippen LogP contribution in [0.15, 0.2) is 42.5 Å². The Balaban J connectivity index is 2.38. The lowest BCUT2D eigenvalue weighted by Gasteiger charge is -2.12. The second-order valence-electron chi connectivity index (χ2n) is 4.02. The summed E-state index contributed by atoms with van der Waals surface area (Å²) in [5, 5.41) is 6.36. The average molecular weight is 276 g/mol. The average Bonchev–Trinajstić information content (AvgIpc) is 2.38. The van der Waals surface area contributed by atoms with E-state index in [0.29, 0.717) is 22.0 Å². The molecule has 98 valence electrons. The van der Waals surface area contributed by atoms with Gasteiger partial charge in [0.25, 0.3) is 5.91 Å². The fourth-order valence-corrected chi connectivity index (χ4v) is 1.91. The molecule has 0 unspecified atom stereocenters. The number of anilines is 3. The van der Waals surface area contributed by atoms with Crippen molar-refractivity contribution in [1.82, 2.24) is 5.32 Å². The molecule has 0 aliphatic rings. The van der Waals surface area contributed by atoms with Gasteiger partial charge in [-0.3, -0.25) is 4.79 Å². The van der Waals surface area contributed by atoms with Gasteiger partial charge in [0.15, 0.2) is 0 Å². The topological polar surface area (TPSA) is 67.2 Å². The summed E-state index contributed by atoms with van der Waals surface area (Å²) in [7, 11) is 1.59. The van der Waals surface area contributed by atoms with Crippen LogP contribution in [-0.2, 0) is 0 Å². The van der Waals surface area contributed by atoms with Crippen molar-refractivity contribution in [2.45, 2.75) is 0 Å². The van der Waals surface area contributed by atoms with Gasteiger partial charge >= 0.3 is 0 Å². The van der Waals surface area contributed by atoms with E-state index >= 15 is 0 Å². The van der Waals surface area contributed by atoms with E-state index in [1.165, 1.54) is 0 Å². The summed E-state index contributed by atoms with van der Waals surface area (Å²) in [4.78, 5) is 11.8. The van der Waals surface area contributed by atoms with Crippen molar-refractivity contribution in [2.75, 3.05) is 18.1 Å². The van der Waals surface area contributed by atoms with Crippen LogP contribution in [0.5, 0.6) is 0 Å². The standard InChI is InChI=1S/C14H14ClN3O/c1-17-14(19)12-6-5-10(16)8-13(12)18-11-4-2-3-9(15)7-11/h2-8,18H,16H2,1H3,(H,17,19). The minimum absolute atomic E-state index is 0.176. The van der Waals surface area contributed by atoms with Gasteiger partial charge in [0, 0.05) is 23.4 Å². The van der Waals surface area contributed by atoms with Crippen LogP contribution in [0.4, 0.5) is 17.1 Å². The third-order valence-electron chi connectivity index (χ3n) is 2.62. The summed E-state index contributed by atoms with van der Waals surface area (Å²) < 4.78 is 0. The number of hydrogen-bond donors (Lipinski definition) is 3. The quantitative estimate of drug-likeness (QED) is 0.754. The van der Waals surface area contributed by atoms with Gasteiger partial charge in [0.1, 0.15) is 0 Å². The molecule has 0 aliphatic carbocycles. The highest BCUT2D eigenvalue weighted by Gasteiger charge is 2.10. The summed E-state index contributed by atoms with van der Waals surface area (Å²) in [6.45, 7) is 0. The predicted molar refractivity (Wildman–Crippen MR) is 79.0 cm³/mol. The second kappa shape index (κ2) is 5.63. The first-order valence-corrected chi connectivity index (χ1v) is 6.12. The van der Waals surface area contributed by atoms with Gasteiger partial charge in [-0.15, -0.1) is 0 Å². The molecule has 0 bridgehead atoms. The Bertz CT molecular complexity index is 613. The van der Waals surface area contributed by atoms with Crippen molar-refractivity contribution in [3.63, 3.8) is 0 Å². The molecule has 4 N–H and O–H groups in total. The van der Waals surface area contributed by atoms with Crippen LogP contribution in [0, 0.1) is 0 Å². The van der Waals surface area contributed by atoms with Crippen LogP contribution in [-0.4, -0.2) is 13.0 Å². The molecular formula is C14H14ClN3O. The Hall–Kier alpha value is -2.20. The number of carbonyl (C=O) groups is 1. The molecule has 0 heterocycles. The van der Waals surface area contributed by atoms with Gasteiger partial charge < -0.3 is 16.4 Å². The first-order chi connectivity index (χ1) is 9.10. The minimum Gasteiger partial charge on any atom is -0.399 e. The highest BCUT2D eigenvalue weighted by atomic mass is 35.5. The lowest BCUT2D eigenvalue weighted by Crippen LogP contribution is -2.19. The normalized spacial score (nSPS) is 10.0. The molecule has 4 nitrogen and oxygen atoms in total. The van der Waals surface area contributed by atoms with Crippen molar-refractivity contribution in [3.8, 4) is 0 Å². The fraction of sp³-hybridized carbons (Fsp3) is 0.0714. The lowest BCUT2D eigenvalue weighted by molar-refractivity contribution is 0.0964. The molecule has 0 spiro atoms. The monoisotopic (exact) mass is 275 g/mol. The van der Waals surface area contributed by atoms with Gasteiger partial charge in [0.05, 0.1) is 11.3 Å². The lowest BCUT2D eigenvalue weighted by atomic mass is 10.1. The Morgan fingerprint density at radius 1 is 1.21 bits per heavy atom. The van der Waals surface area contributed by atoms with Crippen LogP contribution < -0.4 is 16.4 Å². The number of hydrogen-bond acceptors (Lipinski definition) is 3. The van der Waals surface area contributed by atoms with Crippen LogP contribution in [0.25, 0.3) is 0 Å². The minimum atomic E-state index is -0.176. The maximum atomic E-state index is 11.8. The molecule has 19 heavy (non-hydrogen) atoms. The number of halogens is 1. The number of amides is 1. The van der Waals surface area contributed by atoms with E-state index in [1.807, 2.05) is 12.1 Å². The third kappa shape index (κ3) is 3.17. The van der Waals surface area contributed by atoms with Crippen molar-refractivity contribution in [2.24, 2.45) is 0 Å². The van der Waals surface area contributed by atoms with E-state index in [9.17, 15) is 4.79 Å². The summed E-state index contributed by atoms with van der Waals surface area (Å²) in [5.41, 5.74) is 8.30. The van der Waals surface area contributed by atoms with E-state index in [0.717, 1.165) is 5.69 Å². The maximum Gasteiger partial charge on any atom is 0.253 e. The first-order valence-electron chi connectivity index (χ1n) is 5.74. The van der Waals surface area contributed by atoms with E-state index in [-0.39, 0.29) is 5.91 Å². The second-order valence-corrected chi connectivity index (χ2v) is 4.46. The zero-order valence-corrected chi connectivity index (χ0v) is 11.2. The zero-order chi connectivity index (χ0) is 13.8. The van der Waals surface area contributed by atoms with Crippen LogP contribution in [0.1, 0.15) is 10.4 Å². The molecule has 2 aromatic rings. The summed E-state index contributed by atoms with van der Waals surface area (Å²) in [6, 6.07) is 12.3. The van der Waals surface area contributed by atoms with E-state index < -0.39 is 0 Å². The molecule has 0 aliphatic heterocycles. The van der Waals surface area contributed by atoms with Crippen LogP contribution >= 0.6 is 11.6 Å². The number of nitrogens with two attached hydrogens (primary N) is 1. The molecule has 2 aromatic carbocycles. The van der Waals surface area contributed by atoms with E-state index in [2.05, 4.69) is 10.6 Å². The summed E-state index contributed by atoms with van der Waals surface area (Å²) >= 11 is 5.93. The molecule has 0 atom stereocenters. The number of carbonyl (C=O) groups excluding carboxylic acids is 1. The van der Waals surface area contributed by atoms with Crippen LogP contribution in [0.2, 0.25) is 5.02 Å². The van der Waals surface area contributed by atoms with Crippen LogP contribution in [0.3, 0.4) is 0 Å². The maximum absolute atomic E-state index is 11.8. The number of nitrogen functional groups attached to an aromatic ring is 1. The van der Waals surface area contributed by atoms with E-state index in [1.54, 1.807) is 37.4 Å². The Morgan fingerprint density at radius 2 is 2.00 bits per heavy atom. The SMILES string of the molecule is CNC(=O)c1ccc(N)cc1Nc1cccc(Cl)c1. The van der Waals surface area contributed by atoms with Gasteiger partial charge in [-0.1, -0.05) is 17.7 Å². The Morgan fingerprint density at radius 3 is 2.68 bits per heavy atom. The van der Waals surface area contributed by atoms with Crippen molar-refractivity contribution >= 4 is 34.6 Å². The first kappa shape index (κ1) is 13.2. The number of rotatable bonds is 3. The Kier molecular flexibility index (Phi) is 3.92. The summed E-state index contributed by atoms with van der Waals surface area (Å²) in [6.07, 6.45) is 0. The molecule has 0 saturated heterocycles. The third-order valence-corrected chi connectivity index (χ3v) is 2.85. The van der Waals surface area contributed by atoms with Gasteiger partial charge in [-0.05, 0) is 36.4 Å². The van der Waals surface area contributed by atoms with Crippen molar-refractivity contribution < 1.29 is 4.79 Å². The van der Waals surface area contributed by atoms with Crippen molar-refractivity contribution in [1.29, 1.82) is 0 Å². The number of nitrogens with one attached hydrogen (secondary N) is 2. The Labute approximate surface area is 116 Å². The van der Waals surface area contributed by atoms with Gasteiger partial charge in [0.2, 0.25) is 0 Å². The molecular weight excluding hydrogens is 262 g/mol. The molecule has 0 aromatic heterocycles. The zero-order valence-electron chi connectivity index (χ0n) is 10.4. The van der Waals surface area contributed by atoms with Gasteiger partial charge in [-0.25, -0.2) is 0 Å². The fourth-order valence-electron chi connectivity index (χ4n) is 1.72. The van der Waals surface area contributed by atoms with E-state index in [4.69, 9.17) is 17.3 Å². The molecule has 2 rings (SSSR count). The molecule has 0 fully saturated rings. The molecule has 5 heteroatoms.